The van der Waals surface area contributed by atoms with Gasteiger partial charge in [-0.15, -0.1) is 0 Å². The fraction of sp³-hybridized carbons (Fsp3) is 1.00. The topological polar surface area (TPSA) is 24.5 Å². The van der Waals surface area contributed by atoms with E-state index in [2.05, 4.69) is 45.0 Å². The van der Waals surface area contributed by atoms with Crippen LogP contribution in [0.25, 0.3) is 0 Å². The first-order valence-electron chi connectivity index (χ1n) is 6.90. The summed E-state index contributed by atoms with van der Waals surface area (Å²) in [7, 11) is 2.18. The molecule has 0 saturated heterocycles. The lowest BCUT2D eigenvalue weighted by Gasteiger charge is -2.25. The molecule has 0 fully saturated rings. The van der Waals surface area contributed by atoms with E-state index in [1.807, 2.05) is 6.92 Å². The van der Waals surface area contributed by atoms with Crippen molar-refractivity contribution in [2.75, 3.05) is 33.4 Å². The van der Waals surface area contributed by atoms with Gasteiger partial charge in [0.1, 0.15) is 0 Å². The number of rotatable bonds is 9. The number of hydrogen-bond acceptors (Lipinski definition) is 3. The minimum atomic E-state index is 0.240. The van der Waals surface area contributed by atoms with Crippen LogP contribution >= 0.6 is 0 Å². The Morgan fingerprint density at radius 3 is 2.47 bits per heavy atom. The number of likely N-dealkylation sites (N-methyl/N-ethyl adjacent to an activating group) is 1. The third kappa shape index (κ3) is 10.7. The molecule has 0 saturated carbocycles. The molecule has 1 unspecified atom stereocenters. The van der Waals surface area contributed by atoms with E-state index in [9.17, 15) is 0 Å². The first-order chi connectivity index (χ1) is 7.87. The molecule has 1 N–H and O–H groups in total. The van der Waals surface area contributed by atoms with Gasteiger partial charge < -0.3 is 15.0 Å². The second-order valence-electron chi connectivity index (χ2n) is 5.85. The molecule has 104 valence electrons. The van der Waals surface area contributed by atoms with Crippen molar-refractivity contribution < 1.29 is 4.74 Å². The van der Waals surface area contributed by atoms with E-state index in [1.165, 1.54) is 12.8 Å². The van der Waals surface area contributed by atoms with Gasteiger partial charge in [0.05, 0.1) is 6.61 Å². The molecule has 0 aliphatic heterocycles. The smallest absolute Gasteiger partial charge is 0.0593 e. The molecule has 0 radical (unpaired) electrons. The molecule has 0 spiro atoms. The maximum absolute atomic E-state index is 5.37. The van der Waals surface area contributed by atoms with Gasteiger partial charge in [-0.3, -0.25) is 0 Å². The lowest BCUT2D eigenvalue weighted by molar-refractivity contribution is 0.108. The molecule has 0 heterocycles. The zero-order chi connectivity index (χ0) is 13.3. The van der Waals surface area contributed by atoms with Crippen LogP contribution in [0.5, 0.6) is 0 Å². The van der Waals surface area contributed by atoms with Crippen molar-refractivity contribution >= 4 is 0 Å². The van der Waals surface area contributed by atoms with E-state index >= 15 is 0 Å². The van der Waals surface area contributed by atoms with Crippen LogP contribution in [-0.4, -0.2) is 49.8 Å². The van der Waals surface area contributed by atoms with E-state index in [0.717, 1.165) is 26.3 Å². The van der Waals surface area contributed by atoms with Gasteiger partial charge in [-0.2, -0.15) is 0 Å². The minimum absolute atomic E-state index is 0.240. The third-order valence-electron chi connectivity index (χ3n) is 3.00. The van der Waals surface area contributed by atoms with Crippen molar-refractivity contribution in [3.8, 4) is 0 Å². The quantitative estimate of drug-likeness (QED) is 0.631. The standard InChI is InChI=1S/C14H32N2O/c1-7-17-12-11-16(6)13(2)9-8-10-15-14(3,4)5/h13,15H,7-12H2,1-6H3. The van der Waals surface area contributed by atoms with Crippen LogP contribution in [0.2, 0.25) is 0 Å². The minimum Gasteiger partial charge on any atom is -0.380 e. The molecular formula is C14H32N2O. The summed E-state index contributed by atoms with van der Waals surface area (Å²) in [5, 5.41) is 3.53. The van der Waals surface area contributed by atoms with E-state index in [4.69, 9.17) is 4.74 Å². The van der Waals surface area contributed by atoms with Crippen molar-refractivity contribution in [2.45, 2.75) is 59.0 Å². The Morgan fingerprint density at radius 2 is 1.94 bits per heavy atom. The zero-order valence-corrected chi connectivity index (χ0v) is 12.7. The Labute approximate surface area is 108 Å². The molecule has 3 nitrogen and oxygen atoms in total. The lowest BCUT2D eigenvalue weighted by atomic mass is 10.1. The molecule has 17 heavy (non-hydrogen) atoms. The van der Waals surface area contributed by atoms with Crippen molar-refractivity contribution in [1.82, 2.24) is 10.2 Å². The molecule has 0 aromatic carbocycles. The third-order valence-corrected chi connectivity index (χ3v) is 3.00. The van der Waals surface area contributed by atoms with Crippen LogP contribution in [0, 0.1) is 0 Å². The molecule has 0 bridgehead atoms. The summed E-state index contributed by atoms with van der Waals surface area (Å²) in [5.41, 5.74) is 0.240. The highest BCUT2D eigenvalue weighted by Crippen LogP contribution is 2.05. The van der Waals surface area contributed by atoms with Gasteiger partial charge in [0.2, 0.25) is 0 Å². The van der Waals surface area contributed by atoms with Crippen LogP contribution in [0.4, 0.5) is 0 Å². The molecule has 0 rings (SSSR count). The highest BCUT2D eigenvalue weighted by molar-refractivity contribution is 4.71. The van der Waals surface area contributed by atoms with Gasteiger partial charge in [-0.05, 0) is 61.1 Å². The fourth-order valence-corrected chi connectivity index (χ4v) is 1.65. The molecule has 3 heteroatoms. The van der Waals surface area contributed by atoms with E-state index in [-0.39, 0.29) is 5.54 Å². The average molecular weight is 244 g/mol. The summed E-state index contributed by atoms with van der Waals surface area (Å²) in [5.74, 6) is 0. The van der Waals surface area contributed by atoms with Crippen molar-refractivity contribution in [3.63, 3.8) is 0 Å². The maximum atomic E-state index is 5.37. The fourth-order valence-electron chi connectivity index (χ4n) is 1.65. The Bertz CT molecular complexity index is 178. The van der Waals surface area contributed by atoms with Crippen molar-refractivity contribution in [3.05, 3.63) is 0 Å². The number of hydrogen-bond donors (Lipinski definition) is 1. The number of nitrogens with zero attached hydrogens (tertiary/aromatic N) is 1. The Balaban J connectivity index is 3.53. The second kappa shape index (κ2) is 8.90. The molecule has 0 amide bonds. The molecular weight excluding hydrogens is 212 g/mol. The molecule has 0 aromatic rings. The van der Waals surface area contributed by atoms with Crippen LogP contribution in [0.3, 0.4) is 0 Å². The molecule has 0 aromatic heterocycles. The van der Waals surface area contributed by atoms with Gasteiger partial charge in [0, 0.05) is 24.7 Å². The predicted molar refractivity (Wildman–Crippen MR) is 75.6 cm³/mol. The Kier molecular flexibility index (Phi) is 8.83. The van der Waals surface area contributed by atoms with Gasteiger partial charge in [-0.1, -0.05) is 0 Å². The van der Waals surface area contributed by atoms with Crippen LogP contribution < -0.4 is 5.32 Å². The van der Waals surface area contributed by atoms with Gasteiger partial charge in [0.25, 0.3) is 0 Å². The summed E-state index contributed by atoms with van der Waals surface area (Å²) in [6.07, 6.45) is 2.48. The monoisotopic (exact) mass is 244 g/mol. The van der Waals surface area contributed by atoms with Crippen LogP contribution in [0.1, 0.15) is 47.5 Å². The Morgan fingerprint density at radius 1 is 1.29 bits per heavy atom. The van der Waals surface area contributed by atoms with Gasteiger partial charge in [0.15, 0.2) is 0 Å². The number of ether oxygens (including phenoxy) is 1. The van der Waals surface area contributed by atoms with Crippen molar-refractivity contribution in [1.29, 1.82) is 0 Å². The highest BCUT2D eigenvalue weighted by Gasteiger charge is 2.10. The number of nitrogens with one attached hydrogen (secondary N) is 1. The van der Waals surface area contributed by atoms with Crippen LogP contribution in [0.15, 0.2) is 0 Å². The SMILES string of the molecule is CCOCCN(C)C(C)CCCNC(C)(C)C. The van der Waals surface area contributed by atoms with Gasteiger partial charge in [-0.25, -0.2) is 0 Å². The molecule has 1 atom stereocenters. The maximum Gasteiger partial charge on any atom is 0.0593 e. The van der Waals surface area contributed by atoms with E-state index < -0.39 is 0 Å². The highest BCUT2D eigenvalue weighted by atomic mass is 16.5. The second-order valence-corrected chi connectivity index (χ2v) is 5.85. The summed E-state index contributed by atoms with van der Waals surface area (Å²) >= 11 is 0. The first-order valence-corrected chi connectivity index (χ1v) is 6.90. The van der Waals surface area contributed by atoms with E-state index in [1.54, 1.807) is 0 Å². The van der Waals surface area contributed by atoms with Crippen molar-refractivity contribution in [2.24, 2.45) is 0 Å². The summed E-state index contributed by atoms with van der Waals surface area (Å²) < 4.78 is 5.37. The normalized spacial score (nSPS) is 14.3. The van der Waals surface area contributed by atoms with Gasteiger partial charge >= 0.3 is 0 Å². The molecule has 0 aliphatic carbocycles. The zero-order valence-electron chi connectivity index (χ0n) is 12.7. The predicted octanol–water partition coefficient (Wildman–Crippen LogP) is 2.51. The van der Waals surface area contributed by atoms with Crippen LogP contribution in [-0.2, 0) is 4.74 Å². The summed E-state index contributed by atoms with van der Waals surface area (Å²) in [6.45, 7) is 14.8. The van der Waals surface area contributed by atoms with E-state index in [0.29, 0.717) is 6.04 Å². The average Bonchev–Trinajstić information content (AvgIpc) is 2.23. The summed E-state index contributed by atoms with van der Waals surface area (Å²) in [6, 6.07) is 0.636. The molecule has 0 aliphatic rings. The first kappa shape index (κ1) is 16.9. The largest absolute Gasteiger partial charge is 0.380 e. The lowest BCUT2D eigenvalue weighted by Crippen LogP contribution is -2.37. The Hall–Kier alpha value is -0.120. The summed E-state index contributed by atoms with van der Waals surface area (Å²) in [4.78, 5) is 2.38.